The molecule has 0 radical (unpaired) electrons. The summed E-state index contributed by atoms with van der Waals surface area (Å²) in [6, 6.07) is 0. The van der Waals surface area contributed by atoms with Gasteiger partial charge in [0.1, 0.15) is 6.61 Å². The van der Waals surface area contributed by atoms with E-state index in [1.165, 1.54) is 13.8 Å². The van der Waals surface area contributed by atoms with E-state index in [1.807, 2.05) is 0 Å². The van der Waals surface area contributed by atoms with E-state index >= 15 is 0 Å². The highest BCUT2D eigenvalue weighted by Gasteiger charge is 2.43. The molecule has 0 saturated heterocycles. The Morgan fingerprint density at radius 2 is 1.71 bits per heavy atom. The molecule has 0 saturated carbocycles. The third-order valence-electron chi connectivity index (χ3n) is 2.07. The quantitative estimate of drug-likeness (QED) is 0.356. The molecule has 0 aromatic carbocycles. The van der Waals surface area contributed by atoms with Gasteiger partial charge in [0.2, 0.25) is 5.78 Å². The minimum atomic E-state index is -2.81. The van der Waals surface area contributed by atoms with Gasteiger partial charge in [0, 0.05) is 5.92 Å². The second-order valence-corrected chi connectivity index (χ2v) is 3.82. The van der Waals surface area contributed by atoms with E-state index in [-0.39, 0.29) is 0 Å². The molecule has 0 spiro atoms. The number of hydrogen-bond acceptors (Lipinski definition) is 6. The summed E-state index contributed by atoms with van der Waals surface area (Å²) < 4.78 is 4.31. The van der Waals surface area contributed by atoms with E-state index in [9.17, 15) is 24.3 Å². The monoisotopic (exact) mass is 246 g/mol. The van der Waals surface area contributed by atoms with Crippen molar-refractivity contribution in [2.45, 2.75) is 26.4 Å². The first-order valence-corrected chi connectivity index (χ1v) is 4.80. The Labute approximate surface area is 97.4 Å². The van der Waals surface area contributed by atoms with Crippen LogP contribution in [0.2, 0.25) is 0 Å². The number of rotatable bonds is 6. The van der Waals surface area contributed by atoms with E-state index in [0.717, 1.165) is 6.92 Å². The second kappa shape index (κ2) is 5.53. The Morgan fingerprint density at radius 3 is 2.00 bits per heavy atom. The summed E-state index contributed by atoms with van der Waals surface area (Å²) in [4.78, 5) is 43.7. The lowest BCUT2D eigenvalue weighted by Crippen LogP contribution is -2.50. The van der Waals surface area contributed by atoms with Crippen LogP contribution in [0.25, 0.3) is 0 Å². The molecule has 7 nitrogen and oxygen atoms in total. The molecule has 0 aromatic rings. The number of aliphatic carboxylic acids is 1. The molecule has 0 aliphatic carbocycles. The number of carboxylic acids is 1. The van der Waals surface area contributed by atoms with Crippen molar-refractivity contribution in [3.05, 3.63) is 0 Å². The zero-order chi connectivity index (χ0) is 13.8. The van der Waals surface area contributed by atoms with Crippen molar-refractivity contribution in [3.63, 3.8) is 0 Å². The highest BCUT2D eigenvalue weighted by Crippen LogP contribution is 2.08. The maximum Gasteiger partial charge on any atom is 0.375 e. The van der Waals surface area contributed by atoms with Gasteiger partial charge in [-0.1, -0.05) is 13.8 Å². The van der Waals surface area contributed by atoms with E-state index in [0.29, 0.717) is 0 Å². The number of carbonyl (C=O) groups excluding carboxylic acids is 3. The zero-order valence-corrected chi connectivity index (χ0v) is 9.72. The summed E-state index contributed by atoms with van der Waals surface area (Å²) in [5, 5.41) is 18.0. The maximum atomic E-state index is 11.1. The predicted molar refractivity (Wildman–Crippen MR) is 54.1 cm³/mol. The fraction of sp³-hybridized carbons (Fsp3) is 0.600. The van der Waals surface area contributed by atoms with Crippen molar-refractivity contribution in [2.24, 2.45) is 5.92 Å². The van der Waals surface area contributed by atoms with Crippen LogP contribution in [-0.2, 0) is 23.9 Å². The summed E-state index contributed by atoms with van der Waals surface area (Å²) in [7, 11) is 0. The lowest BCUT2D eigenvalue weighted by atomic mass is 10.0. The van der Waals surface area contributed by atoms with Gasteiger partial charge in [0.25, 0.3) is 5.60 Å². The van der Waals surface area contributed by atoms with Crippen molar-refractivity contribution in [1.29, 1.82) is 0 Å². The fourth-order valence-electron chi connectivity index (χ4n) is 0.791. The molecule has 1 atom stereocenters. The highest BCUT2D eigenvalue weighted by molar-refractivity contribution is 6.34. The Morgan fingerprint density at radius 1 is 1.24 bits per heavy atom. The van der Waals surface area contributed by atoms with Crippen LogP contribution in [0.1, 0.15) is 20.8 Å². The van der Waals surface area contributed by atoms with E-state index in [2.05, 4.69) is 4.74 Å². The van der Waals surface area contributed by atoms with Gasteiger partial charge >= 0.3 is 11.9 Å². The minimum Gasteiger partial charge on any atom is -0.479 e. The zero-order valence-electron chi connectivity index (χ0n) is 9.72. The molecule has 2 N–H and O–H groups in total. The van der Waals surface area contributed by atoms with Crippen molar-refractivity contribution < 1.29 is 34.1 Å². The number of Topliss-reactive ketones (excluding diaryl/α,β-unsaturated/α-hetero) is 2. The molecular formula is C10H14O7. The molecule has 0 aliphatic heterocycles. The third kappa shape index (κ3) is 3.63. The number of aliphatic hydroxyl groups is 1. The first kappa shape index (κ1) is 15.2. The van der Waals surface area contributed by atoms with Gasteiger partial charge in [-0.3, -0.25) is 9.59 Å². The van der Waals surface area contributed by atoms with Gasteiger partial charge in [-0.15, -0.1) is 0 Å². The largest absolute Gasteiger partial charge is 0.479 e. The van der Waals surface area contributed by atoms with Crippen LogP contribution in [0.4, 0.5) is 0 Å². The Balaban J connectivity index is 4.65. The molecule has 0 bridgehead atoms. The van der Waals surface area contributed by atoms with Gasteiger partial charge in [-0.25, -0.2) is 9.59 Å². The van der Waals surface area contributed by atoms with E-state index in [1.54, 1.807) is 0 Å². The average Bonchev–Trinajstić information content (AvgIpc) is 2.23. The molecule has 0 fully saturated rings. The summed E-state index contributed by atoms with van der Waals surface area (Å²) in [6.07, 6.45) is 0. The number of carbonyl (C=O) groups is 4. The van der Waals surface area contributed by atoms with Crippen LogP contribution < -0.4 is 0 Å². The summed E-state index contributed by atoms with van der Waals surface area (Å²) >= 11 is 0. The van der Waals surface area contributed by atoms with Crippen LogP contribution in [0.5, 0.6) is 0 Å². The normalized spacial score (nSPS) is 13.9. The number of ether oxygens (including phenoxy) is 1. The minimum absolute atomic E-state index is 0.613. The van der Waals surface area contributed by atoms with Crippen LogP contribution in [0, 0.1) is 5.92 Å². The van der Waals surface area contributed by atoms with Crippen LogP contribution in [0.3, 0.4) is 0 Å². The van der Waals surface area contributed by atoms with Crippen molar-refractivity contribution in [3.8, 4) is 0 Å². The maximum absolute atomic E-state index is 11.1. The summed E-state index contributed by atoms with van der Waals surface area (Å²) in [5.74, 6) is -5.68. The summed E-state index contributed by atoms with van der Waals surface area (Å²) in [5.41, 5.74) is -2.81. The van der Waals surface area contributed by atoms with E-state index in [4.69, 9.17) is 5.11 Å². The standard InChI is InChI=1S/C10H14O7/c1-5(2)7(12)8(13)17-4-10(16,6(3)11)9(14)15/h5,16H,4H2,1-3H3,(H,14,15). The average molecular weight is 246 g/mol. The molecule has 7 heteroatoms. The first-order chi connectivity index (χ1) is 7.62. The van der Waals surface area contributed by atoms with Crippen LogP contribution in [-0.4, -0.2) is 45.9 Å². The van der Waals surface area contributed by atoms with Crippen molar-refractivity contribution in [1.82, 2.24) is 0 Å². The molecule has 0 aromatic heterocycles. The molecular weight excluding hydrogens is 232 g/mol. The third-order valence-corrected chi connectivity index (χ3v) is 2.07. The Kier molecular flexibility index (Phi) is 4.96. The van der Waals surface area contributed by atoms with Crippen LogP contribution >= 0.6 is 0 Å². The molecule has 17 heavy (non-hydrogen) atoms. The number of carboxylic acid groups (broad SMARTS) is 1. The van der Waals surface area contributed by atoms with E-state index < -0.39 is 41.6 Å². The fourth-order valence-corrected chi connectivity index (χ4v) is 0.791. The lowest BCUT2D eigenvalue weighted by Gasteiger charge is -2.19. The Hall–Kier alpha value is -1.76. The first-order valence-electron chi connectivity index (χ1n) is 4.80. The SMILES string of the molecule is CC(=O)C(O)(COC(=O)C(=O)C(C)C)C(=O)O. The number of hydrogen-bond donors (Lipinski definition) is 2. The van der Waals surface area contributed by atoms with Gasteiger partial charge in [-0.05, 0) is 6.92 Å². The smallest absolute Gasteiger partial charge is 0.375 e. The molecule has 0 rings (SSSR count). The molecule has 96 valence electrons. The number of esters is 1. The van der Waals surface area contributed by atoms with Gasteiger partial charge in [-0.2, -0.15) is 0 Å². The Bertz CT molecular complexity index is 342. The van der Waals surface area contributed by atoms with Gasteiger partial charge in [0.05, 0.1) is 0 Å². The second-order valence-electron chi connectivity index (χ2n) is 3.82. The number of ketones is 2. The molecule has 0 aliphatic rings. The predicted octanol–water partition coefficient (Wildman–Crippen LogP) is -0.841. The van der Waals surface area contributed by atoms with Crippen molar-refractivity contribution >= 4 is 23.5 Å². The van der Waals surface area contributed by atoms with Gasteiger partial charge < -0.3 is 14.9 Å². The molecule has 1 unspecified atom stereocenters. The lowest BCUT2D eigenvalue weighted by molar-refractivity contribution is -0.175. The van der Waals surface area contributed by atoms with Crippen LogP contribution in [0.15, 0.2) is 0 Å². The summed E-state index contributed by atoms with van der Waals surface area (Å²) in [6.45, 7) is 2.66. The van der Waals surface area contributed by atoms with Crippen molar-refractivity contribution in [2.75, 3.05) is 6.61 Å². The molecule has 0 amide bonds. The topological polar surface area (TPSA) is 118 Å². The highest BCUT2D eigenvalue weighted by atomic mass is 16.6. The molecule has 0 heterocycles. The van der Waals surface area contributed by atoms with Gasteiger partial charge in [0.15, 0.2) is 5.78 Å².